The Labute approximate surface area is 185 Å². The average Bonchev–Trinajstić information content (AvgIpc) is 2.81. The topological polar surface area (TPSA) is 52.7 Å². The van der Waals surface area contributed by atoms with Gasteiger partial charge in [-0.05, 0) is 48.6 Å². The zero-order valence-electron chi connectivity index (χ0n) is 18.5. The fourth-order valence-electron chi connectivity index (χ4n) is 4.56. The smallest absolute Gasteiger partial charge is 0.224 e. The number of anilines is 2. The van der Waals surface area contributed by atoms with E-state index in [0.29, 0.717) is 19.3 Å². The maximum Gasteiger partial charge on any atom is 0.224 e. The summed E-state index contributed by atoms with van der Waals surface area (Å²) < 4.78 is 0. The van der Waals surface area contributed by atoms with Crippen LogP contribution < -0.4 is 10.2 Å². The van der Waals surface area contributed by atoms with Crippen molar-refractivity contribution in [3.05, 3.63) is 59.2 Å². The van der Waals surface area contributed by atoms with Crippen molar-refractivity contribution in [2.45, 2.75) is 45.4 Å². The molecule has 2 aromatic rings. The second-order valence-electron chi connectivity index (χ2n) is 8.65. The second kappa shape index (κ2) is 10.1. The van der Waals surface area contributed by atoms with Gasteiger partial charge in [0.1, 0.15) is 0 Å². The van der Waals surface area contributed by atoms with Crippen LogP contribution in [0.4, 0.5) is 11.4 Å². The van der Waals surface area contributed by atoms with E-state index in [-0.39, 0.29) is 11.7 Å². The minimum Gasteiger partial charge on any atom is -0.369 e. The minimum atomic E-state index is 0.0329. The molecule has 2 heterocycles. The maximum absolute atomic E-state index is 12.9. The first-order chi connectivity index (χ1) is 15.1. The number of rotatable bonds is 8. The highest BCUT2D eigenvalue weighted by molar-refractivity contribution is 6.02. The van der Waals surface area contributed by atoms with E-state index in [1.807, 2.05) is 18.2 Å². The molecule has 0 aliphatic carbocycles. The molecule has 1 saturated heterocycles. The molecule has 0 saturated carbocycles. The van der Waals surface area contributed by atoms with Crippen molar-refractivity contribution < 1.29 is 9.59 Å². The Hall–Kier alpha value is -2.66. The number of nitrogens with zero attached hydrogens (tertiary/aromatic N) is 2. The van der Waals surface area contributed by atoms with Crippen LogP contribution in [0.3, 0.4) is 0 Å². The van der Waals surface area contributed by atoms with Crippen LogP contribution in [0.2, 0.25) is 0 Å². The molecule has 1 amide bonds. The van der Waals surface area contributed by atoms with Crippen LogP contribution >= 0.6 is 0 Å². The zero-order chi connectivity index (χ0) is 21.6. The van der Waals surface area contributed by atoms with Gasteiger partial charge in [0.05, 0.1) is 0 Å². The third kappa shape index (κ3) is 5.34. The van der Waals surface area contributed by atoms with E-state index < -0.39 is 0 Å². The number of amides is 1. The Morgan fingerprint density at radius 3 is 2.52 bits per heavy atom. The molecule has 0 spiro atoms. The summed E-state index contributed by atoms with van der Waals surface area (Å²) in [5.74, 6) is 0.212. The van der Waals surface area contributed by atoms with Crippen LogP contribution in [0.15, 0.2) is 42.5 Å². The first kappa shape index (κ1) is 21.6. The van der Waals surface area contributed by atoms with Crippen LogP contribution in [-0.2, 0) is 17.6 Å². The van der Waals surface area contributed by atoms with Gasteiger partial charge in [0.15, 0.2) is 5.78 Å². The summed E-state index contributed by atoms with van der Waals surface area (Å²) in [7, 11) is 0. The first-order valence-corrected chi connectivity index (χ1v) is 11.6. The maximum atomic E-state index is 12.9. The third-order valence-corrected chi connectivity index (χ3v) is 6.50. The minimum absolute atomic E-state index is 0.0329. The van der Waals surface area contributed by atoms with Crippen LogP contribution in [-0.4, -0.2) is 49.3 Å². The number of aryl methyl sites for hydroxylation is 1. The summed E-state index contributed by atoms with van der Waals surface area (Å²) in [6.07, 6.45) is 5.27. The third-order valence-electron chi connectivity index (χ3n) is 6.50. The van der Waals surface area contributed by atoms with Crippen molar-refractivity contribution in [3.63, 3.8) is 0 Å². The summed E-state index contributed by atoms with van der Waals surface area (Å²) in [6, 6.07) is 14.7. The molecule has 5 nitrogen and oxygen atoms in total. The standard InChI is InChI=1S/C26H33N3O2/c1-2-3-5-20-8-10-21(11-9-20)29-18-16-28(17-19-29)15-14-25(30)23-6-4-7-24-22(23)12-13-26(31)27-24/h4,6-11H,2-3,5,12-19H2,1H3,(H,27,31). The predicted molar refractivity (Wildman–Crippen MR) is 126 cm³/mol. The van der Waals surface area contributed by atoms with E-state index >= 15 is 0 Å². The number of unbranched alkanes of at least 4 members (excludes halogenated alkanes) is 1. The summed E-state index contributed by atoms with van der Waals surface area (Å²) in [4.78, 5) is 29.3. The van der Waals surface area contributed by atoms with Crippen LogP contribution in [0.5, 0.6) is 0 Å². The highest BCUT2D eigenvalue weighted by atomic mass is 16.1. The number of hydrogen-bond donors (Lipinski definition) is 1. The monoisotopic (exact) mass is 419 g/mol. The molecule has 0 atom stereocenters. The molecule has 164 valence electrons. The molecule has 0 unspecified atom stereocenters. The lowest BCUT2D eigenvalue weighted by Crippen LogP contribution is -2.46. The largest absolute Gasteiger partial charge is 0.369 e. The van der Waals surface area contributed by atoms with Gasteiger partial charge in [0.25, 0.3) is 0 Å². The van der Waals surface area contributed by atoms with E-state index in [0.717, 1.165) is 56.0 Å². The molecule has 0 aromatic heterocycles. The van der Waals surface area contributed by atoms with E-state index in [4.69, 9.17) is 0 Å². The van der Waals surface area contributed by atoms with Gasteiger partial charge in [-0.15, -0.1) is 0 Å². The quantitative estimate of drug-likeness (QED) is 0.648. The first-order valence-electron chi connectivity index (χ1n) is 11.6. The summed E-state index contributed by atoms with van der Waals surface area (Å²) in [6.45, 7) is 6.97. The van der Waals surface area contributed by atoms with Crippen molar-refractivity contribution >= 4 is 23.1 Å². The van der Waals surface area contributed by atoms with E-state index in [9.17, 15) is 9.59 Å². The fraction of sp³-hybridized carbons (Fsp3) is 0.462. The molecule has 2 aliphatic rings. The summed E-state index contributed by atoms with van der Waals surface area (Å²) in [5.41, 5.74) is 5.30. The van der Waals surface area contributed by atoms with Crippen LogP contribution in [0, 0.1) is 0 Å². The Balaban J connectivity index is 1.27. The highest BCUT2D eigenvalue weighted by Crippen LogP contribution is 2.27. The van der Waals surface area contributed by atoms with Crippen molar-refractivity contribution in [1.82, 2.24) is 4.90 Å². The van der Waals surface area contributed by atoms with E-state index in [2.05, 4.69) is 46.3 Å². The number of Topliss-reactive ketones (excluding diaryl/α,β-unsaturated/α-hetero) is 1. The SMILES string of the molecule is CCCCc1ccc(N2CCN(CCC(=O)c3cccc4c3CCC(=O)N4)CC2)cc1. The summed E-state index contributed by atoms with van der Waals surface area (Å²) >= 11 is 0. The molecular formula is C26H33N3O2. The molecule has 1 fully saturated rings. The molecule has 2 aliphatic heterocycles. The molecule has 5 heteroatoms. The number of piperazine rings is 1. The van der Waals surface area contributed by atoms with Gasteiger partial charge in [-0.2, -0.15) is 0 Å². The molecule has 0 bridgehead atoms. The van der Waals surface area contributed by atoms with Crippen molar-refractivity contribution in [1.29, 1.82) is 0 Å². The van der Waals surface area contributed by atoms with Gasteiger partial charge in [0, 0.05) is 62.5 Å². The number of ketones is 1. The van der Waals surface area contributed by atoms with Crippen LogP contribution in [0.1, 0.15) is 54.1 Å². The van der Waals surface area contributed by atoms with Gasteiger partial charge in [-0.1, -0.05) is 37.6 Å². The molecule has 31 heavy (non-hydrogen) atoms. The second-order valence-corrected chi connectivity index (χ2v) is 8.65. The van der Waals surface area contributed by atoms with E-state index in [1.165, 1.54) is 24.1 Å². The highest BCUT2D eigenvalue weighted by Gasteiger charge is 2.22. The lowest BCUT2D eigenvalue weighted by molar-refractivity contribution is -0.116. The Morgan fingerprint density at radius 1 is 1.00 bits per heavy atom. The normalized spacial score (nSPS) is 16.7. The molecule has 2 aromatic carbocycles. The van der Waals surface area contributed by atoms with Gasteiger partial charge >= 0.3 is 0 Å². The van der Waals surface area contributed by atoms with E-state index in [1.54, 1.807) is 0 Å². The molecule has 0 radical (unpaired) electrons. The van der Waals surface area contributed by atoms with Gasteiger partial charge in [0.2, 0.25) is 5.91 Å². The van der Waals surface area contributed by atoms with Crippen molar-refractivity contribution in [3.8, 4) is 0 Å². The number of hydrogen-bond acceptors (Lipinski definition) is 4. The Kier molecular flexibility index (Phi) is 7.03. The number of carbonyl (C=O) groups is 2. The lowest BCUT2D eigenvalue weighted by Gasteiger charge is -2.36. The molecular weight excluding hydrogens is 386 g/mol. The van der Waals surface area contributed by atoms with Crippen molar-refractivity contribution in [2.75, 3.05) is 42.9 Å². The average molecular weight is 420 g/mol. The van der Waals surface area contributed by atoms with Crippen molar-refractivity contribution in [2.24, 2.45) is 0 Å². The number of nitrogens with one attached hydrogen (secondary N) is 1. The predicted octanol–water partition coefficient (Wildman–Crippen LogP) is 4.31. The molecule has 4 rings (SSSR count). The van der Waals surface area contributed by atoms with Gasteiger partial charge in [-0.3, -0.25) is 14.5 Å². The van der Waals surface area contributed by atoms with Gasteiger partial charge in [-0.25, -0.2) is 0 Å². The fourth-order valence-corrected chi connectivity index (χ4v) is 4.56. The molecule has 1 N–H and O–H groups in total. The Bertz CT molecular complexity index is 915. The van der Waals surface area contributed by atoms with Crippen LogP contribution in [0.25, 0.3) is 0 Å². The number of carbonyl (C=O) groups excluding carboxylic acids is 2. The zero-order valence-corrected chi connectivity index (χ0v) is 18.5. The number of fused-ring (bicyclic) bond motifs is 1. The summed E-state index contributed by atoms with van der Waals surface area (Å²) in [5, 5.41) is 2.89. The Morgan fingerprint density at radius 2 is 1.77 bits per heavy atom. The lowest BCUT2D eigenvalue weighted by atomic mass is 9.94. The number of benzene rings is 2. The van der Waals surface area contributed by atoms with Gasteiger partial charge < -0.3 is 10.2 Å².